The number of halogens is 2. The molecule has 8 heteroatoms. The Balaban J connectivity index is 1.33. The summed E-state index contributed by atoms with van der Waals surface area (Å²) in [5.74, 6) is 1.51. The quantitative estimate of drug-likeness (QED) is 0.393. The number of rotatable bonds is 4. The molecule has 4 aromatic rings. The monoisotopic (exact) mass is 468 g/mol. The first-order valence-electron chi connectivity index (χ1n) is 10.6. The fourth-order valence-electron chi connectivity index (χ4n) is 4.30. The molecule has 164 valence electrons. The lowest BCUT2D eigenvalue weighted by atomic mass is 9.97. The zero-order chi connectivity index (χ0) is 22.2. The summed E-state index contributed by atoms with van der Waals surface area (Å²) in [4.78, 5) is 24.3. The molecule has 3 aromatic heterocycles. The van der Waals surface area contributed by atoms with Crippen molar-refractivity contribution in [3.05, 3.63) is 87.4 Å². The van der Waals surface area contributed by atoms with Gasteiger partial charge >= 0.3 is 0 Å². The van der Waals surface area contributed by atoms with Gasteiger partial charge in [-0.15, -0.1) is 0 Å². The maximum Gasteiger partial charge on any atom is 0.272 e. The van der Waals surface area contributed by atoms with E-state index in [2.05, 4.69) is 9.97 Å². The molecular formula is C24H22Cl2N4O2. The van der Waals surface area contributed by atoms with Crippen molar-refractivity contribution < 1.29 is 9.21 Å². The van der Waals surface area contributed by atoms with Crippen LogP contribution in [0.1, 0.15) is 52.2 Å². The van der Waals surface area contributed by atoms with Crippen LogP contribution in [0, 0.1) is 6.92 Å². The number of fused-ring (bicyclic) bond motifs is 1. The van der Waals surface area contributed by atoms with Gasteiger partial charge in [-0.05, 0) is 49.6 Å². The Morgan fingerprint density at radius 1 is 1.16 bits per heavy atom. The van der Waals surface area contributed by atoms with E-state index in [-0.39, 0.29) is 11.8 Å². The van der Waals surface area contributed by atoms with Gasteiger partial charge in [0.05, 0.1) is 22.8 Å². The smallest absolute Gasteiger partial charge is 0.272 e. The van der Waals surface area contributed by atoms with E-state index in [4.69, 9.17) is 27.6 Å². The molecule has 32 heavy (non-hydrogen) atoms. The van der Waals surface area contributed by atoms with E-state index in [1.54, 1.807) is 22.9 Å². The molecule has 0 aliphatic carbocycles. The topological polar surface area (TPSA) is 63.6 Å². The number of aromatic nitrogens is 3. The first-order valence-corrected chi connectivity index (χ1v) is 11.4. The molecule has 0 bridgehead atoms. The van der Waals surface area contributed by atoms with Crippen molar-refractivity contribution in [3.8, 4) is 0 Å². The van der Waals surface area contributed by atoms with E-state index in [1.807, 2.05) is 42.2 Å². The molecule has 0 N–H and O–H groups in total. The van der Waals surface area contributed by atoms with Crippen molar-refractivity contribution in [1.29, 1.82) is 0 Å². The van der Waals surface area contributed by atoms with Gasteiger partial charge in [0.1, 0.15) is 17.1 Å². The standard InChI is InChI=1S/C24H22Cl2N4O2/c1-15-22(30-14-19(26)8-9-21(30)28-15)24(31)29-10-2-3-17(13-29)23-27-12-20(32-23)11-16-4-6-18(25)7-5-16/h4-9,12,14,17H,2-3,10-11,13H2,1H3/t17-/m0/s1. The van der Waals surface area contributed by atoms with E-state index < -0.39 is 0 Å². The highest BCUT2D eigenvalue weighted by Crippen LogP contribution is 2.29. The van der Waals surface area contributed by atoms with Crippen molar-refractivity contribution in [2.75, 3.05) is 13.1 Å². The summed E-state index contributed by atoms with van der Waals surface area (Å²) >= 11 is 12.1. The summed E-state index contributed by atoms with van der Waals surface area (Å²) < 4.78 is 7.85. The number of imidazole rings is 1. The summed E-state index contributed by atoms with van der Waals surface area (Å²) in [5.41, 5.74) is 3.07. The van der Waals surface area contributed by atoms with Crippen LogP contribution in [-0.4, -0.2) is 38.3 Å². The molecule has 1 saturated heterocycles. The summed E-state index contributed by atoms with van der Waals surface area (Å²) in [6.45, 7) is 3.11. The summed E-state index contributed by atoms with van der Waals surface area (Å²) in [5, 5.41) is 1.27. The summed E-state index contributed by atoms with van der Waals surface area (Å²) in [6.07, 6.45) is 6.00. The number of pyridine rings is 1. The van der Waals surface area contributed by atoms with Gasteiger partial charge in [-0.2, -0.15) is 0 Å². The van der Waals surface area contributed by atoms with Gasteiger partial charge in [-0.1, -0.05) is 35.3 Å². The largest absolute Gasteiger partial charge is 0.445 e. The van der Waals surface area contributed by atoms with Crippen LogP contribution in [0.15, 0.2) is 53.2 Å². The Bertz CT molecular complexity index is 1280. The number of nitrogens with zero attached hydrogens (tertiary/aromatic N) is 4. The molecule has 1 aliphatic rings. The summed E-state index contributed by atoms with van der Waals surface area (Å²) in [7, 11) is 0. The highest BCUT2D eigenvalue weighted by atomic mass is 35.5. The number of carbonyl (C=O) groups is 1. The number of carbonyl (C=O) groups excluding carboxylic acids is 1. The van der Waals surface area contributed by atoms with Gasteiger partial charge in [-0.25, -0.2) is 9.97 Å². The molecule has 0 spiro atoms. The number of hydrogen-bond donors (Lipinski definition) is 0. The van der Waals surface area contributed by atoms with Crippen LogP contribution in [0.3, 0.4) is 0 Å². The first kappa shape index (κ1) is 21.0. The molecule has 1 atom stereocenters. The van der Waals surface area contributed by atoms with Crippen molar-refractivity contribution in [3.63, 3.8) is 0 Å². The SMILES string of the molecule is Cc1nc2ccc(Cl)cn2c1C(=O)N1CCC[C@H](c2ncc(Cc3ccc(Cl)cc3)o2)C1. The molecule has 1 fully saturated rings. The van der Waals surface area contributed by atoms with E-state index in [0.717, 1.165) is 24.2 Å². The van der Waals surface area contributed by atoms with Crippen LogP contribution in [0.5, 0.6) is 0 Å². The van der Waals surface area contributed by atoms with Gasteiger partial charge in [0.25, 0.3) is 5.91 Å². The lowest BCUT2D eigenvalue weighted by Crippen LogP contribution is -2.40. The van der Waals surface area contributed by atoms with E-state index >= 15 is 0 Å². The zero-order valence-electron chi connectivity index (χ0n) is 17.6. The average molecular weight is 469 g/mol. The molecule has 1 amide bonds. The second-order valence-electron chi connectivity index (χ2n) is 8.18. The minimum atomic E-state index is -0.0464. The third-order valence-electron chi connectivity index (χ3n) is 5.88. The Morgan fingerprint density at radius 2 is 1.94 bits per heavy atom. The van der Waals surface area contributed by atoms with Crippen LogP contribution >= 0.6 is 23.2 Å². The number of oxazole rings is 1. The first-order chi connectivity index (χ1) is 15.5. The van der Waals surface area contributed by atoms with E-state index in [9.17, 15) is 4.79 Å². The van der Waals surface area contributed by atoms with Crippen LogP contribution in [0.4, 0.5) is 0 Å². The third kappa shape index (κ3) is 4.12. The second kappa shape index (κ2) is 8.60. The second-order valence-corrected chi connectivity index (χ2v) is 9.05. The van der Waals surface area contributed by atoms with Gasteiger partial charge in [-0.3, -0.25) is 9.20 Å². The Kier molecular flexibility index (Phi) is 5.66. The van der Waals surface area contributed by atoms with Gasteiger partial charge < -0.3 is 9.32 Å². The van der Waals surface area contributed by atoms with Crippen LogP contribution in [0.2, 0.25) is 10.0 Å². The van der Waals surface area contributed by atoms with E-state index in [1.165, 1.54) is 0 Å². The Labute approximate surface area is 195 Å². The van der Waals surface area contributed by atoms with Crippen molar-refractivity contribution in [2.45, 2.75) is 32.1 Å². The average Bonchev–Trinajstić information content (AvgIpc) is 3.38. The highest BCUT2D eigenvalue weighted by Gasteiger charge is 2.30. The summed E-state index contributed by atoms with van der Waals surface area (Å²) in [6, 6.07) is 11.3. The number of amides is 1. The molecule has 0 saturated carbocycles. The van der Waals surface area contributed by atoms with Crippen molar-refractivity contribution >= 4 is 34.8 Å². The molecule has 4 heterocycles. The number of aryl methyl sites for hydroxylation is 1. The number of likely N-dealkylation sites (tertiary alicyclic amines) is 1. The van der Waals surface area contributed by atoms with Crippen molar-refractivity contribution in [1.82, 2.24) is 19.3 Å². The molecule has 6 nitrogen and oxygen atoms in total. The van der Waals surface area contributed by atoms with Gasteiger partial charge in [0, 0.05) is 30.7 Å². The predicted octanol–water partition coefficient (Wildman–Crippen LogP) is 5.55. The fraction of sp³-hybridized carbons (Fsp3) is 0.292. The van der Waals surface area contributed by atoms with Crippen LogP contribution < -0.4 is 0 Å². The lowest BCUT2D eigenvalue weighted by molar-refractivity contribution is 0.0690. The molecule has 1 aromatic carbocycles. The van der Waals surface area contributed by atoms with Crippen LogP contribution in [-0.2, 0) is 6.42 Å². The Morgan fingerprint density at radius 3 is 2.75 bits per heavy atom. The zero-order valence-corrected chi connectivity index (χ0v) is 19.1. The molecule has 1 aliphatic heterocycles. The normalized spacial score (nSPS) is 16.6. The van der Waals surface area contributed by atoms with Gasteiger partial charge in [0.2, 0.25) is 0 Å². The third-order valence-corrected chi connectivity index (χ3v) is 6.36. The lowest BCUT2D eigenvalue weighted by Gasteiger charge is -2.31. The number of benzene rings is 1. The maximum absolute atomic E-state index is 13.4. The highest BCUT2D eigenvalue weighted by molar-refractivity contribution is 6.30. The van der Waals surface area contributed by atoms with Crippen molar-refractivity contribution in [2.24, 2.45) is 0 Å². The predicted molar refractivity (Wildman–Crippen MR) is 124 cm³/mol. The van der Waals surface area contributed by atoms with Crippen LogP contribution in [0.25, 0.3) is 5.65 Å². The molecule has 0 unspecified atom stereocenters. The molecule has 5 rings (SSSR count). The minimum Gasteiger partial charge on any atom is -0.445 e. The number of hydrogen-bond acceptors (Lipinski definition) is 4. The Hall–Kier alpha value is -2.83. The molecular weight excluding hydrogens is 447 g/mol. The van der Waals surface area contributed by atoms with E-state index in [0.29, 0.717) is 52.5 Å². The fourth-order valence-corrected chi connectivity index (χ4v) is 4.59. The van der Waals surface area contributed by atoms with Gasteiger partial charge in [0.15, 0.2) is 5.89 Å². The molecule has 0 radical (unpaired) electrons. The number of piperidine rings is 1. The minimum absolute atomic E-state index is 0.0464. The maximum atomic E-state index is 13.4.